The zero-order valence-corrected chi connectivity index (χ0v) is 14.8. The molecule has 1 aromatic carbocycles. The van der Waals surface area contributed by atoms with E-state index in [1.54, 1.807) is 6.07 Å². The molecule has 1 aromatic heterocycles. The molecule has 0 spiro atoms. The van der Waals surface area contributed by atoms with Crippen LogP contribution in [0.2, 0.25) is 0 Å². The molecule has 24 heavy (non-hydrogen) atoms. The van der Waals surface area contributed by atoms with Crippen LogP contribution in [0.15, 0.2) is 34.7 Å². The van der Waals surface area contributed by atoms with Gasteiger partial charge >= 0.3 is 5.91 Å². The summed E-state index contributed by atoms with van der Waals surface area (Å²) >= 11 is 5.29. The number of carbonyl (C=O) groups is 1. The normalized spacial score (nSPS) is 23.7. The second-order valence-electron chi connectivity index (χ2n) is 6.57. The Bertz CT molecular complexity index is 710. The Kier molecular flexibility index (Phi) is 5.04. The third-order valence-electron chi connectivity index (χ3n) is 4.96. The largest absolute Gasteiger partial charge is 0.451 e. The Morgan fingerprint density at radius 2 is 2.00 bits per heavy atom. The van der Waals surface area contributed by atoms with E-state index in [1.165, 1.54) is 12.8 Å². The fourth-order valence-corrected chi connectivity index (χ4v) is 3.46. The first-order valence-corrected chi connectivity index (χ1v) is 8.81. The van der Waals surface area contributed by atoms with Gasteiger partial charge in [0.25, 0.3) is 0 Å². The van der Waals surface area contributed by atoms with Crippen molar-refractivity contribution in [1.82, 2.24) is 16.2 Å². The lowest BCUT2D eigenvalue weighted by molar-refractivity contribution is 0.0917. The molecule has 1 saturated carbocycles. The van der Waals surface area contributed by atoms with Gasteiger partial charge in [0.2, 0.25) is 0 Å². The third-order valence-corrected chi connectivity index (χ3v) is 5.18. The minimum Gasteiger partial charge on any atom is -0.451 e. The van der Waals surface area contributed by atoms with Crippen LogP contribution < -0.4 is 16.2 Å². The molecule has 1 fully saturated rings. The van der Waals surface area contributed by atoms with Gasteiger partial charge in [-0.3, -0.25) is 15.6 Å². The van der Waals surface area contributed by atoms with Crippen molar-refractivity contribution in [2.75, 3.05) is 0 Å². The van der Waals surface area contributed by atoms with Gasteiger partial charge in [-0.1, -0.05) is 44.9 Å². The first-order chi connectivity index (χ1) is 11.5. The average molecular weight is 345 g/mol. The van der Waals surface area contributed by atoms with Gasteiger partial charge in [0.05, 0.1) is 0 Å². The van der Waals surface area contributed by atoms with Crippen molar-refractivity contribution in [2.45, 2.75) is 39.2 Å². The number of furan rings is 1. The predicted molar refractivity (Wildman–Crippen MR) is 98.5 cm³/mol. The fraction of sp³-hybridized carbons (Fsp3) is 0.444. The molecule has 2 aromatic rings. The number of rotatable bonds is 2. The van der Waals surface area contributed by atoms with E-state index in [2.05, 4.69) is 30.0 Å². The average Bonchev–Trinajstić information content (AvgIpc) is 3.01. The van der Waals surface area contributed by atoms with Crippen molar-refractivity contribution < 1.29 is 9.21 Å². The van der Waals surface area contributed by atoms with Gasteiger partial charge in [-0.05, 0) is 42.6 Å². The summed E-state index contributed by atoms with van der Waals surface area (Å²) in [5, 5.41) is 4.64. The molecule has 128 valence electrons. The molecule has 1 aliphatic rings. The molecular formula is C18H23N3O2S. The van der Waals surface area contributed by atoms with Gasteiger partial charge in [0, 0.05) is 11.4 Å². The molecule has 3 N–H and O–H groups in total. The highest BCUT2D eigenvalue weighted by atomic mass is 32.1. The van der Waals surface area contributed by atoms with Gasteiger partial charge in [-0.2, -0.15) is 0 Å². The summed E-state index contributed by atoms with van der Waals surface area (Å²) in [4.78, 5) is 12.2. The number of hydrogen-bond acceptors (Lipinski definition) is 3. The minimum absolute atomic E-state index is 0.256. The molecule has 0 saturated heterocycles. The first kappa shape index (κ1) is 16.8. The van der Waals surface area contributed by atoms with Crippen LogP contribution in [0.4, 0.5) is 0 Å². The standard InChI is InChI=1S/C18H23N3O2S/c1-11-6-5-8-14(12(11)2)19-18(24)21-20-17(22)16-10-13-7-3-4-9-15(13)23-16/h3-4,7,9-12,14H,5-6,8H2,1-2H3,(H,20,22)(H2,19,21,24)/t11-,12-,14+/m1/s1. The van der Waals surface area contributed by atoms with Crippen LogP contribution >= 0.6 is 12.2 Å². The van der Waals surface area contributed by atoms with Crippen molar-refractivity contribution in [3.05, 3.63) is 36.1 Å². The summed E-state index contributed by atoms with van der Waals surface area (Å²) in [7, 11) is 0. The molecule has 0 bridgehead atoms. The van der Waals surface area contributed by atoms with Gasteiger partial charge in [-0.25, -0.2) is 0 Å². The van der Waals surface area contributed by atoms with Gasteiger partial charge in [-0.15, -0.1) is 0 Å². The summed E-state index contributed by atoms with van der Waals surface area (Å²) in [6.07, 6.45) is 3.57. The van der Waals surface area contributed by atoms with Crippen molar-refractivity contribution in [3.63, 3.8) is 0 Å². The van der Waals surface area contributed by atoms with Gasteiger partial charge < -0.3 is 9.73 Å². The van der Waals surface area contributed by atoms with Crippen molar-refractivity contribution in [2.24, 2.45) is 11.8 Å². The molecule has 3 atom stereocenters. The van der Waals surface area contributed by atoms with Crippen LogP contribution in [0.3, 0.4) is 0 Å². The van der Waals surface area contributed by atoms with Crippen LogP contribution in [0.1, 0.15) is 43.7 Å². The summed E-state index contributed by atoms with van der Waals surface area (Å²) in [6.45, 7) is 4.52. The van der Waals surface area contributed by atoms with E-state index < -0.39 is 0 Å². The molecule has 1 amide bonds. The van der Waals surface area contributed by atoms with E-state index in [1.807, 2.05) is 24.3 Å². The van der Waals surface area contributed by atoms with Crippen LogP contribution in [-0.2, 0) is 0 Å². The lowest BCUT2D eigenvalue weighted by Gasteiger charge is -2.35. The second-order valence-corrected chi connectivity index (χ2v) is 6.98. The molecular weight excluding hydrogens is 322 g/mol. The molecule has 6 heteroatoms. The minimum atomic E-state index is -0.347. The first-order valence-electron chi connectivity index (χ1n) is 8.40. The van der Waals surface area contributed by atoms with E-state index in [9.17, 15) is 4.79 Å². The molecule has 1 aliphatic carbocycles. The van der Waals surface area contributed by atoms with Crippen molar-refractivity contribution in [3.8, 4) is 0 Å². The highest BCUT2D eigenvalue weighted by Crippen LogP contribution is 2.29. The Labute approximate surface area is 147 Å². The molecule has 1 heterocycles. The lowest BCUT2D eigenvalue weighted by atomic mass is 9.78. The smallest absolute Gasteiger partial charge is 0.305 e. The maximum Gasteiger partial charge on any atom is 0.305 e. The molecule has 5 nitrogen and oxygen atoms in total. The van der Waals surface area contributed by atoms with Gasteiger partial charge in [0.15, 0.2) is 10.9 Å². The topological polar surface area (TPSA) is 66.3 Å². The summed E-state index contributed by atoms with van der Waals surface area (Å²) in [6, 6.07) is 9.57. The lowest BCUT2D eigenvalue weighted by Crippen LogP contribution is -2.52. The van der Waals surface area contributed by atoms with Crippen molar-refractivity contribution in [1.29, 1.82) is 0 Å². The Morgan fingerprint density at radius 1 is 1.21 bits per heavy atom. The number of hydrogen-bond donors (Lipinski definition) is 3. The zero-order chi connectivity index (χ0) is 17.1. The highest BCUT2D eigenvalue weighted by molar-refractivity contribution is 7.80. The maximum atomic E-state index is 12.2. The van der Waals surface area contributed by atoms with Crippen molar-refractivity contribution >= 4 is 34.2 Å². The third kappa shape index (κ3) is 3.70. The SMILES string of the molecule is C[C@@H]1[C@H](C)CCC[C@@H]1NC(=S)NNC(=O)c1cc2ccccc2o1. The van der Waals surface area contributed by atoms with Crippen LogP contribution in [0, 0.1) is 11.8 Å². The molecule has 0 radical (unpaired) electrons. The van der Waals surface area contributed by atoms with Gasteiger partial charge in [0.1, 0.15) is 5.58 Å². The summed E-state index contributed by atoms with van der Waals surface area (Å²) in [5.74, 6) is 1.15. The van der Waals surface area contributed by atoms with E-state index in [4.69, 9.17) is 16.6 Å². The van der Waals surface area contributed by atoms with E-state index in [0.717, 1.165) is 11.8 Å². The number of thiocarbonyl (C=S) groups is 1. The summed E-state index contributed by atoms with van der Waals surface area (Å²) < 4.78 is 5.53. The van der Waals surface area contributed by atoms with Crippen LogP contribution in [-0.4, -0.2) is 17.1 Å². The van der Waals surface area contributed by atoms with E-state index >= 15 is 0 Å². The Hall–Kier alpha value is -2.08. The quantitative estimate of drug-likeness (QED) is 0.575. The fourth-order valence-electron chi connectivity index (χ4n) is 3.26. The number of para-hydroxylation sites is 1. The van der Waals surface area contributed by atoms with Crippen LogP contribution in [0.5, 0.6) is 0 Å². The number of amides is 1. The predicted octanol–water partition coefficient (Wildman–Crippen LogP) is 3.37. The van der Waals surface area contributed by atoms with Crippen LogP contribution in [0.25, 0.3) is 11.0 Å². The van der Waals surface area contributed by atoms with E-state index in [0.29, 0.717) is 28.6 Å². The number of fused-ring (bicyclic) bond motifs is 1. The molecule has 0 unspecified atom stereocenters. The maximum absolute atomic E-state index is 12.2. The van der Waals surface area contributed by atoms with E-state index in [-0.39, 0.29) is 11.7 Å². The Morgan fingerprint density at radius 3 is 2.79 bits per heavy atom. The number of benzene rings is 1. The number of hydrazine groups is 1. The number of carbonyl (C=O) groups excluding carboxylic acids is 1. The Balaban J connectivity index is 1.53. The summed E-state index contributed by atoms with van der Waals surface area (Å²) in [5.41, 5.74) is 6.05. The second kappa shape index (κ2) is 7.21. The zero-order valence-electron chi connectivity index (χ0n) is 14.0. The highest BCUT2D eigenvalue weighted by Gasteiger charge is 2.27. The molecule has 3 rings (SSSR count). The number of nitrogens with one attached hydrogen (secondary N) is 3. The molecule has 0 aliphatic heterocycles. The monoisotopic (exact) mass is 345 g/mol.